The van der Waals surface area contributed by atoms with E-state index in [1.807, 2.05) is 24.3 Å². The second-order valence-corrected chi connectivity index (χ2v) is 3.72. The minimum absolute atomic E-state index is 0.0349. The van der Waals surface area contributed by atoms with Gasteiger partial charge in [-0.15, -0.1) is 0 Å². The number of aromatic amines is 1. The SMILES string of the molecule is COCCC(=O)NCc1nc2ccccc2[nH]1. The van der Waals surface area contributed by atoms with Crippen molar-refractivity contribution in [1.82, 2.24) is 15.3 Å². The zero-order valence-electron chi connectivity index (χ0n) is 9.69. The van der Waals surface area contributed by atoms with Crippen LogP contribution in [-0.2, 0) is 16.1 Å². The predicted octanol–water partition coefficient (Wildman–Crippen LogP) is 1.22. The lowest BCUT2D eigenvalue weighted by Crippen LogP contribution is -2.24. The molecule has 17 heavy (non-hydrogen) atoms. The molecule has 1 aromatic heterocycles. The van der Waals surface area contributed by atoms with Gasteiger partial charge in [0, 0.05) is 13.5 Å². The molecule has 0 fully saturated rings. The van der Waals surface area contributed by atoms with Crippen molar-refractivity contribution < 1.29 is 9.53 Å². The quantitative estimate of drug-likeness (QED) is 0.815. The summed E-state index contributed by atoms with van der Waals surface area (Å²) in [6, 6.07) is 7.77. The molecule has 0 atom stereocenters. The molecule has 5 heteroatoms. The first-order valence-corrected chi connectivity index (χ1v) is 5.49. The highest BCUT2D eigenvalue weighted by molar-refractivity contribution is 5.76. The Balaban J connectivity index is 1.92. The number of benzene rings is 1. The third-order valence-corrected chi connectivity index (χ3v) is 2.42. The van der Waals surface area contributed by atoms with Gasteiger partial charge in [-0.25, -0.2) is 4.98 Å². The maximum atomic E-state index is 11.4. The van der Waals surface area contributed by atoms with E-state index in [0.29, 0.717) is 19.6 Å². The molecule has 0 spiro atoms. The molecule has 5 nitrogen and oxygen atoms in total. The Morgan fingerprint density at radius 1 is 1.47 bits per heavy atom. The van der Waals surface area contributed by atoms with Crippen molar-refractivity contribution >= 4 is 16.9 Å². The molecule has 0 saturated heterocycles. The van der Waals surface area contributed by atoms with E-state index in [-0.39, 0.29) is 5.91 Å². The van der Waals surface area contributed by atoms with Crippen LogP contribution >= 0.6 is 0 Å². The number of methoxy groups -OCH3 is 1. The second kappa shape index (κ2) is 5.45. The zero-order valence-corrected chi connectivity index (χ0v) is 9.69. The van der Waals surface area contributed by atoms with Crippen molar-refractivity contribution in [2.75, 3.05) is 13.7 Å². The number of ether oxygens (including phenoxy) is 1. The van der Waals surface area contributed by atoms with Crippen molar-refractivity contribution in [2.45, 2.75) is 13.0 Å². The number of amides is 1. The molecule has 2 aromatic rings. The fourth-order valence-corrected chi connectivity index (χ4v) is 1.55. The van der Waals surface area contributed by atoms with E-state index >= 15 is 0 Å². The number of H-pyrrole nitrogens is 1. The van der Waals surface area contributed by atoms with E-state index in [2.05, 4.69) is 15.3 Å². The van der Waals surface area contributed by atoms with Gasteiger partial charge in [0.25, 0.3) is 0 Å². The summed E-state index contributed by atoms with van der Waals surface area (Å²) >= 11 is 0. The van der Waals surface area contributed by atoms with Crippen LogP contribution in [0.4, 0.5) is 0 Å². The van der Waals surface area contributed by atoms with Crippen molar-refractivity contribution in [3.8, 4) is 0 Å². The Morgan fingerprint density at radius 3 is 3.06 bits per heavy atom. The molecule has 0 aliphatic carbocycles. The number of carbonyl (C=O) groups excluding carboxylic acids is 1. The molecule has 0 aliphatic rings. The number of fused-ring (bicyclic) bond motifs is 1. The molecular formula is C12H15N3O2. The highest BCUT2D eigenvalue weighted by Crippen LogP contribution is 2.09. The minimum atomic E-state index is -0.0349. The van der Waals surface area contributed by atoms with Gasteiger partial charge in [0.15, 0.2) is 0 Å². The van der Waals surface area contributed by atoms with Crippen LogP contribution in [0.25, 0.3) is 11.0 Å². The van der Waals surface area contributed by atoms with Gasteiger partial charge in [-0.05, 0) is 12.1 Å². The first-order valence-electron chi connectivity index (χ1n) is 5.49. The fourth-order valence-electron chi connectivity index (χ4n) is 1.55. The largest absolute Gasteiger partial charge is 0.384 e. The number of hydrogen-bond acceptors (Lipinski definition) is 3. The Morgan fingerprint density at radius 2 is 2.29 bits per heavy atom. The number of imidazole rings is 1. The van der Waals surface area contributed by atoms with Crippen molar-refractivity contribution in [3.63, 3.8) is 0 Å². The van der Waals surface area contributed by atoms with Crippen molar-refractivity contribution in [1.29, 1.82) is 0 Å². The normalized spacial score (nSPS) is 10.6. The van der Waals surface area contributed by atoms with Crippen molar-refractivity contribution in [2.24, 2.45) is 0 Å². The number of carbonyl (C=O) groups is 1. The van der Waals surface area contributed by atoms with Gasteiger partial charge in [-0.1, -0.05) is 12.1 Å². The number of rotatable bonds is 5. The molecule has 0 saturated carbocycles. The van der Waals surface area contributed by atoms with E-state index in [1.54, 1.807) is 7.11 Å². The van der Waals surface area contributed by atoms with Gasteiger partial charge >= 0.3 is 0 Å². The lowest BCUT2D eigenvalue weighted by Gasteiger charge is -2.01. The average Bonchev–Trinajstić information content (AvgIpc) is 2.76. The summed E-state index contributed by atoms with van der Waals surface area (Å²) in [6.45, 7) is 0.850. The minimum Gasteiger partial charge on any atom is -0.384 e. The number of nitrogens with zero attached hydrogens (tertiary/aromatic N) is 1. The van der Waals surface area contributed by atoms with Crippen LogP contribution in [0.2, 0.25) is 0 Å². The van der Waals surface area contributed by atoms with Crippen LogP contribution in [0.5, 0.6) is 0 Å². The Labute approximate surface area is 99.2 Å². The molecule has 0 radical (unpaired) electrons. The lowest BCUT2D eigenvalue weighted by molar-refractivity contribution is -0.122. The second-order valence-electron chi connectivity index (χ2n) is 3.72. The van der Waals surface area contributed by atoms with Crippen LogP contribution in [0.15, 0.2) is 24.3 Å². The van der Waals surface area contributed by atoms with Gasteiger partial charge in [0.2, 0.25) is 5.91 Å². The molecule has 2 N–H and O–H groups in total. The van der Waals surface area contributed by atoms with Crippen LogP contribution in [0.3, 0.4) is 0 Å². The van der Waals surface area contributed by atoms with Crippen molar-refractivity contribution in [3.05, 3.63) is 30.1 Å². The molecule has 1 amide bonds. The zero-order chi connectivity index (χ0) is 12.1. The Bertz CT molecular complexity index is 474. The maximum Gasteiger partial charge on any atom is 0.222 e. The summed E-state index contributed by atoms with van der Waals surface area (Å²) in [5, 5.41) is 2.78. The van der Waals surface area contributed by atoms with E-state index < -0.39 is 0 Å². The lowest BCUT2D eigenvalue weighted by atomic mass is 10.3. The molecule has 0 aliphatic heterocycles. The molecule has 1 aromatic carbocycles. The summed E-state index contributed by atoms with van der Waals surface area (Å²) in [6.07, 6.45) is 0.372. The van der Waals surface area contributed by atoms with Gasteiger partial charge < -0.3 is 15.0 Å². The number of hydrogen-bond donors (Lipinski definition) is 2. The number of aromatic nitrogens is 2. The first-order chi connectivity index (χ1) is 8.29. The van der Waals surface area contributed by atoms with Crippen LogP contribution in [0.1, 0.15) is 12.2 Å². The van der Waals surface area contributed by atoms with Crippen LogP contribution in [0, 0.1) is 0 Å². The molecule has 0 bridgehead atoms. The third-order valence-electron chi connectivity index (χ3n) is 2.42. The predicted molar refractivity (Wildman–Crippen MR) is 64.4 cm³/mol. The standard InChI is InChI=1S/C12H15N3O2/c1-17-7-6-12(16)13-8-11-14-9-4-2-3-5-10(9)15-11/h2-5H,6-8H2,1H3,(H,13,16)(H,14,15). The molecule has 1 heterocycles. The van der Waals surface area contributed by atoms with Gasteiger partial charge in [-0.3, -0.25) is 4.79 Å². The summed E-state index contributed by atoms with van der Waals surface area (Å²) in [4.78, 5) is 18.9. The maximum absolute atomic E-state index is 11.4. The Kier molecular flexibility index (Phi) is 3.72. The van der Waals surface area contributed by atoms with Gasteiger partial charge in [0.1, 0.15) is 5.82 Å². The molecule has 0 unspecified atom stereocenters. The summed E-state index contributed by atoms with van der Waals surface area (Å²) in [5.41, 5.74) is 1.89. The van der Waals surface area contributed by atoms with E-state index in [9.17, 15) is 4.79 Å². The average molecular weight is 233 g/mol. The smallest absolute Gasteiger partial charge is 0.222 e. The number of para-hydroxylation sites is 2. The monoisotopic (exact) mass is 233 g/mol. The van der Waals surface area contributed by atoms with Gasteiger partial charge in [-0.2, -0.15) is 0 Å². The summed E-state index contributed by atoms with van der Waals surface area (Å²) in [7, 11) is 1.58. The molecule has 2 rings (SSSR count). The highest BCUT2D eigenvalue weighted by atomic mass is 16.5. The van der Waals surface area contributed by atoms with E-state index in [4.69, 9.17) is 4.74 Å². The van der Waals surface area contributed by atoms with Crippen LogP contribution < -0.4 is 5.32 Å². The fraction of sp³-hybridized carbons (Fsp3) is 0.333. The van der Waals surface area contributed by atoms with E-state index in [0.717, 1.165) is 16.9 Å². The Hall–Kier alpha value is -1.88. The van der Waals surface area contributed by atoms with Gasteiger partial charge in [0.05, 0.1) is 24.2 Å². The molecule has 90 valence electrons. The molecular weight excluding hydrogens is 218 g/mol. The first kappa shape index (κ1) is 11.6. The third kappa shape index (κ3) is 3.04. The topological polar surface area (TPSA) is 67.0 Å². The van der Waals surface area contributed by atoms with E-state index in [1.165, 1.54) is 0 Å². The summed E-state index contributed by atoms with van der Waals surface area (Å²) in [5.74, 6) is 0.726. The van der Waals surface area contributed by atoms with Crippen LogP contribution in [-0.4, -0.2) is 29.6 Å². The number of nitrogens with one attached hydrogen (secondary N) is 2. The highest BCUT2D eigenvalue weighted by Gasteiger charge is 2.04. The summed E-state index contributed by atoms with van der Waals surface area (Å²) < 4.78 is 4.83.